The molecule has 3 rings (SSSR count). The molecule has 0 saturated heterocycles. The normalized spacial score (nSPS) is 14.1. The fourth-order valence-corrected chi connectivity index (χ4v) is 2.39. The van der Waals surface area contributed by atoms with Crippen LogP contribution in [0.5, 0.6) is 5.75 Å². The number of hydrogen-bond acceptors (Lipinski definition) is 3. The number of phenolic OH excluding ortho intramolecular Hbond substituents is 1. The van der Waals surface area contributed by atoms with Crippen LogP contribution in [0.1, 0.15) is 0 Å². The van der Waals surface area contributed by atoms with Gasteiger partial charge in [-0.3, -0.25) is 4.79 Å². The lowest BCUT2D eigenvalue weighted by atomic mass is 10.1. The molecule has 0 atom stereocenters. The Morgan fingerprint density at radius 3 is 2.32 bits per heavy atom. The van der Waals surface area contributed by atoms with Crippen molar-refractivity contribution in [1.29, 1.82) is 0 Å². The average molecular weight is 254 g/mol. The molecule has 1 aliphatic rings. The predicted molar refractivity (Wildman–Crippen MR) is 75.0 cm³/mol. The molecule has 96 valence electrons. The number of benzene rings is 2. The van der Waals surface area contributed by atoms with E-state index < -0.39 is 0 Å². The molecule has 1 amide bonds. The summed E-state index contributed by atoms with van der Waals surface area (Å²) in [6.07, 6.45) is 0.868. The van der Waals surface area contributed by atoms with E-state index in [0.29, 0.717) is 6.54 Å². The minimum absolute atomic E-state index is 0.253. The van der Waals surface area contributed by atoms with Crippen LogP contribution in [0.2, 0.25) is 0 Å². The van der Waals surface area contributed by atoms with Gasteiger partial charge in [0, 0.05) is 18.8 Å². The van der Waals surface area contributed by atoms with Crippen LogP contribution in [-0.2, 0) is 4.79 Å². The van der Waals surface area contributed by atoms with Crippen LogP contribution >= 0.6 is 0 Å². The number of carbonyl (C=O) groups is 1. The second kappa shape index (κ2) is 4.65. The Kier molecular flexibility index (Phi) is 2.83. The monoisotopic (exact) mass is 254 g/mol. The van der Waals surface area contributed by atoms with Crippen molar-refractivity contribution in [1.82, 2.24) is 0 Å². The number of amides is 1. The number of nitrogens with zero attached hydrogens (tertiary/aromatic N) is 2. The maximum Gasteiger partial charge on any atom is 0.214 e. The average Bonchev–Trinajstić information content (AvgIpc) is 2.47. The lowest BCUT2D eigenvalue weighted by Gasteiger charge is -2.36. The Morgan fingerprint density at radius 2 is 1.63 bits per heavy atom. The minimum atomic E-state index is 0.253. The van der Waals surface area contributed by atoms with E-state index in [9.17, 15) is 9.90 Å². The van der Waals surface area contributed by atoms with Crippen LogP contribution in [0.15, 0.2) is 48.5 Å². The molecule has 0 aromatic heterocycles. The highest BCUT2D eigenvalue weighted by Gasteiger charge is 2.22. The van der Waals surface area contributed by atoms with Gasteiger partial charge in [-0.05, 0) is 36.4 Å². The molecule has 1 N–H and O–H groups in total. The largest absolute Gasteiger partial charge is 0.508 e. The Labute approximate surface area is 111 Å². The molecule has 0 saturated carbocycles. The molecular weight excluding hydrogens is 240 g/mol. The van der Waals surface area contributed by atoms with Crippen LogP contribution in [0.25, 0.3) is 0 Å². The summed E-state index contributed by atoms with van der Waals surface area (Å²) in [7, 11) is 0. The van der Waals surface area contributed by atoms with E-state index in [1.807, 2.05) is 36.4 Å². The zero-order chi connectivity index (χ0) is 13.2. The second-order valence-corrected chi connectivity index (χ2v) is 4.46. The molecule has 4 heteroatoms. The van der Waals surface area contributed by atoms with E-state index >= 15 is 0 Å². The quantitative estimate of drug-likeness (QED) is 0.837. The van der Waals surface area contributed by atoms with Crippen LogP contribution in [0.3, 0.4) is 0 Å². The summed E-state index contributed by atoms with van der Waals surface area (Å²) in [5.74, 6) is 0.253. The van der Waals surface area contributed by atoms with E-state index in [2.05, 4.69) is 4.90 Å². The standard InChI is InChI=1S/C15H14N2O2/c18-11-16-9-10-17(12-5-7-13(19)8-6-12)15-4-2-1-3-14(15)16/h1-8,11,19H,9-10H2. The maximum absolute atomic E-state index is 11.1. The molecule has 0 unspecified atom stereocenters. The number of hydrogen-bond donors (Lipinski definition) is 1. The van der Waals surface area contributed by atoms with Crippen molar-refractivity contribution in [3.63, 3.8) is 0 Å². The van der Waals surface area contributed by atoms with Crippen LogP contribution in [-0.4, -0.2) is 24.6 Å². The minimum Gasteiger partial charge on any atom is -0.508 e. The topological polar surface area (TPSA) is 43.8 Å². The highest BCUT2D eigenvalue weighted by atomic mass is 16.3. The van der Waals surface area contributed by atoms with Gasteiger partial charge in [0.25, 0.3) is 0 Å². The van der Waals surface area contributed by atoms with Crippen molar-refractivity contribution in [2.45, 2.75) is 0 Å². The fraction of sp³-hybridized carbons (Fsp3) is 0.133. The van der Waals surface area contributed by atoms with Crippen molar-refractivity contribution in [2.75, 3.05) is 22.9 Å². The van der Waals surface area contributed by atoms with E-state index in [-0.39, 0.29) is 5.75 Å². The third-order valence-corrected chi connectivity index (χ3v) is 3.34. The summed E-state index contributed by atoms with van der Waals surface area (Å²) >= 11 is 0. The second-order valence-electron chi connectivity index (χ2n) is 4.46. The third kappa shape index (κ3) is 2.01. The van der Waals surface area contributed by atoms with E-state index in [1.165, 1.54) is 0 Å². The highest BCUT2D eigenvalue weighted by molar-refractivity contribution is 5.88. The van der Waals surface area contributed by atoms with Gasteiger partial charge in [0.2, 0.25) is 6.41 Å². The molecule has 2 aromatic rings. The zero-order valence-electron chi connectivity index (χ0n) is 10.4. The van der Waals surface area contributed by atoms with Gasteiger partial charge in [0.1, 0.15) is 5.75 Å². The molecule has 2 aromatic carbocycles. The molecule has 1 heterocycles. The number of rotatable bonds is 2. The highest BCUT2D eigenvalue weighted by Crippen LogP contribution is 2.37. The first kappa shape index (κ1) is 11.6. The molecular formula is C15H14N2O2. The lowest BCUT2D eigenvalue weighted by molar-refractivity contribution is -0.107. The summed E-state index contributed by atoms with van der Waals surface area (Å²) in [5.41, 5.74) is 2.93. The van der Waals surface area contributed by atoms with Crippen LogP contribution < -0.4 is 9.80 Å². The summed E-state index contributed by atoms with van der Waals surface area (Å²) in [4.78, 5) is 14.9. The number of anilines is 3. The number of para-hydroxylation sites is 2. The van der Waals surface area contributed by atoms with Crippen molar-refractivity contribution in [3.05, 3.63) is 48.5 Å². The molecule has 0 radical (unpaired) electrons. The Bertz CT molecular complexity index is 595. The Hall–Kier alpha value is -2.49. The van der Waals surface area contributed by atoms with E-state index in [0.717, 1.165) is 30.0 Å². The van der Waals surface area contributed by atoms with Gasteiger partial charge in [0.15, 0.2) is 0 Å². The summed E-state index contributed by atoms with van der Waals surface area (Å²) in [5, 5.41) is 9.36. The first-order valence-electron chi connectivity index (χ1n) is 6.17. The molecule has 4 nitrogen and oxygen atoms in total. The van der Waals surface area contributed by atoms with E-state index in [1.54, 1.807) is 17.0 Å². The summed E-state index contributed by atoms with van der Waals surface area (Å²) in [6, 6.07) is 14.9. The van der Waals surface area contributed by atoms with Gasteiger partial charge in [0.05, 0.1) is 11.4 Å². The van der Waals surface area contributed by atoms with Gasteiger partial charge in [-0.15, -0.1) is 0 Å². The number of phenols is 1. The van der Waals surface area contributed by atoms with Crippen molar-refractivity contribution in [2.24, 2.45) is 0 Å². The molecule has 19 heavy (non-hydrogen) atoms. The van der Waals surface area contributed by atoms with Crippen LogP contribution in [0.4, 0.5) is 17.1 Å². The maximum atomic E-state index is 11.1. The molecule has 0 aliphatic carbocycles. The molecule has 0 bridgehead atoms. The molecule has 1 aliphatic heterocycles. The third-order valence-electron chi connectivity index (χ3n) is 3.34. The molecule has 0 spiro atoms. The SMILES string of the molecule is O=CN1CCN(c2ccc(O)cc2)c2ccccc21. The van der Waals surface area contributed by atoms with Crippen LogP contribution in [0, 0.1) is 0 Å². The molecule has 0 fully saturated rings. The lowest BCUT2D eigenvalue weighted by Crippen LogP contribution is -2.37. The summed E-state index contributed by atoms with van der Waals surface area (Å²) < 4.78 is 0. The predicted octanol–water partition coefficient (Wildman–Crippen LogP) is 2.51. The first-order chi connectivity index (χ1) is 9.29. The summed E-state index contributed by atoms with van der Waals surface area (Å²) in [6.45, 7) is 1.39. The van der Waals surface area contributed by atoms with E-state index in [4.69, 9.17) is 0 Å². The van der Waals surface area contributed by atoms with Crippen molar-refractivity contribution < 1.29 is 9.90 Å². The van der Waals surface area contributed by atoms with Crippen molar-refractivity contribution in [3.8, 4) is 5.75 Å². The van der Waals surface area contributed by atoms with Gasteiger partial charge < -0.3 is 14.9 Å². The number of carbonyl (C=O) groups excluding carboxylic acids is 1. The zero-order valence-corrected chi connectivity index (χ0v) is 10.4. The number of aromatic hydroxyl groups is 1. The Morgan fingerprint density at radius 1 is 0.947 bits per heavy atom. The van der Waals surface area contributed by atoms with Gasteiger partial charge in [-0.1, -0.05) is 12.1 Å². The van der Waals surface area contributed by atoms with Gasteiger partial charge in [-0.2, -0.15) is 0 Å². The number of fused-ring (bicyclic) bond motifs is 1. The van der Waals surface area contributed by atoms with Gasteiger partial charge in [-0.25, -0.2) is 0 Å². The first-order valence-corrected chi connectivity index (χ1v) is 6.17. The smallest absolute Gasteiger partial charge is 0.214 e. The Balaban J connectivity index is 2.05. The fourth-order valence-electron chi connectivity index (χ4n) is 2.39. The van der Waals surface area contributed by atoms with Gasteiger partial charge >= 0.3 is 0 Å². The van der Waals surface area contributed by atoms with Crippen molar-refractivity contribution >= 4 is 23.5 Å².